The van der Waals surface area contributed by atoms with Gasteiger partial charge in [-0.25, -0.2) is 9.59 Å². The van der Waals surface area contributed by atoms with E-state index in [-0.39, 0.29) is 13.2 Å². The number of carbonyl (C=O) groups excluding carboxylic acids is 1. The molecule has 0 spiro atoms. The Hall–Kier alpha value is -1.50. The van der Waals surface area contributed by atoms with Gasteiger partial charge in [-0.3, -0.25) is 0 Å². The van der Waals surface area contributed by atoms with Crippen LogP contribution in [0.1, 0.15) is 0 Å². The minimum Gasteiger partial charge on any atom is -0.465 e. The van der Waals surface area contributed by atoms with Crippen molar-refractivity contribution in [2.45, 2.75) is 6.10 Å². The first-order valence-corrected chi connectivity index (χ1v) is 2.99. The maximum atomic E-state index is 10.1. The molecule has 4 N–H and O–H groups in total. The van der Waals surface area contributed by atoms with E-state index in [4.69, 9.17) is 15.0 Å². The minimum absolute atomic E-state index is 0.161. The molecular weight excluding hydrogens is 170 g/mol. The van der Waals surface area contributed by atoms with Crippen molar-refractivity contribution in [3.8, 4) is 0 Å². The van der Waals surface area contributed by atoms with E-state index >= 15 is 0 Å². The lowest BCUT2D eigenvalue weighted by Crippen LogP contribution is -2.14. The number of aliphatic hydroxyl groups is 1. The molecule has 1 fully saturated rings. The molecule has 12 heavy (non-hydrogen) atoms. The zero-order valence-corrected chi connectivity index (χ0v) is 6.10. The number of ether oxygens (including phenoxy) is 2. The third kappa shape index (κ3) is 5.30. The first kappa shape index (κ1) is 10.5. The summed E-state index contributed by atoms with van der Waals surface area (Å²) >= 11 is 0. The summed E-state index contributed by atoms with van der Waals surface area (Å²) in [5, 5.41) is 15.5. The van der Waals surface area contributed by atoms with Gasteiger partial charge in [0.2, 0.25) is 0 Å². The molecule has 1 unspecified atom stereocenters. The lowest BCUT2D eigenvalue weighted by Gasteiger charge is -1.96. The van der Waals surface area contributed by atoms with Crippen LogP contribution in [0.15, 0.2) is 0 Å². The van der Waals surface area contributed by atoms with E-state index in [1.807, 2.05) is 0 Å². The van der Waals surface area contributed by atoms with Crippen molar-refractivity contribution < 1.29 is 29.3 Å². The standard InChI is InChI=1S/C4H6O4.CH3NO2/c5-1-3-2-7-4(6)8-3;2-1(3)4/h3,5H,1-2H2;2H2,(H,3,4). The summed E-state index contributed by atoms with van der Waals surface area (Å²) in [4.78, 5) is 18.8. The zero-order valence-electron chi connectivity index (χ0n) is 6.10. The summed E-state index contributed by atoms with van der Waals surface area (Å²) in [6.07, 6.45) is -2.47. The molecule has 1 aliphatic heterocycles. The topological polar surface area (TPSA) is 119 Å². The van der Waals surface area contributed by atoms with Gasteiger partial charge in [0.15, 0.2) is 6.10 Å². The van der Waals surface area contributed by atoms with Crippen LogP contribution in [0.3, 0.4) is 0 Å². The molecule has 1 rings (SSSR count). The number of hydrogen-bond donors (Lipinski definition) is 3. The molecule has 0 saturated carbocycles. The number of hydrogen-bond acceptors (Lipinski definition) is 5. The molecule has 7 nitrogen and oxygen atoms in total. The van der Waals surface area contributed by atoms with Crippen LogP contribution in [-0.4, -0.2) is 41.8 Å². The van der Waals surface area contributed by atoms with Crippen LogP contribution in [0.5, 0.6) is 0 Å². The maximum Gasteiger partial charge on any atom is 0.508 e. The van der Waals surface area contributed by atoms with E-state index in [2.05, 4.69) is 15.2 Å². The number of cyclic esters (lactones) is 2. The SMILES string of the molecule is NC(=O)O.O=C1OCC(CO)O1. The Labute approximate surface area is 67.7 Å². The fourth-order valence-electron chi connectivity index (χ4n) is 0.455. The summed E-state index contributed by atoms with van der Waals surface area (Å²) in [7, 11) is 0. The van der Waals surface area contributed by atoms with Gasteiger partial charge >= 0.3 is 12.2 Å². The normalized spacial score (nSPS) is 20.1. The van der Waals surface area contributed by atoms with Gasteiger partial charge < -0.3 is 25.4 Å². The lowest BCUT2D eigenvalue weighted by atomic mass is 10.4. The van der Waals surface area contributed by atoms with Crippen molar-refractivity contribution in [1.29, 1.82) is 0 Å². The Bertz CT molecular complexity index is 165. The summed E-state index contributed by atoms with van der Waals surface area (Å²) in [6.45, 7) is 0.0150. The van der Waals surface area contributed by atoms with Gasteiger partial charge in [0, 0.05) is 0 Å². The smallest absolute Gasteiger partial charge is 0.465 e. The largest absolute Gasteiger partial charge is 0.508 e. The van der Waals surface area contributed by atoms with Gasteiger partial charge in [-0.2, -0.15) is 0 Å². The second kappa shape index (κ2) is 5.19. The average molecular weight is 179 g/mol. The number of carboxylic acid groups (broad SMARTS) is 1. The Morgan fingerprint density at radius 1 is 1.75 bits per heavy atom. The zero-order chi connectivity index (χ0) is 9.56. The molecule has 0 bridgehead atoms. The molecule has 0 aromatic heterocycles. The van der Waals surface area contributed by atoms with E-state index in [0.717, 1.165) is 0 Å². The van der Waals surface area contributed by atoms with E-state index in [1.165, 1.54) is 0 Å². The van der Waals surface area contributed by atoms with Gasteiger partial charge in [-0.15, -0.1) is 0 Å². The number of primary amides is 1. The highest BCUT2D eigenvalue weighted by molar-refractivity contribution is 5.61. The Morgan fingerprint density at radius 2 is 2.25 bits per heavy atom. The average Bonchev–Trinajstić information content (AvgIpc) is 2.34. The summed E-state index contributed by atoms with van der Waals surface area (Å²) in [5.74, 6) is 0. The van der Waals surface area contributed by atoms with Crippen LogP contribution in [0, 0.1) is 0 Å². The molecule has 1 heterocycles. The second-order valence-electron chi connectivity index (χ2n) is 1.82. The number of rotatable bonds is 1. The lowest BCUT2D eigenvalue weighted by molar-refractivity contribution is 0.0919. The molecule has 1 amide bonds. The molecule has 1 aliphatic rings. The fraction of sp³-hybridized carbons (Fsp3) is 0.600. The monoisotopic (exact) mass is 179 g/mol. The van der Waals surface area contributed by atoms with Crippen molar-refractivity contribution in [3.63, 3.8) is 0 Å². The van der Waals surface area contributed by atoms with Crippen molar-refractivity contribution in [3.05, 3.63) is 0 Å². The van der Waals surface area contributed by atoms with Crippen LogP contribution in [0.4, 0.5) is 9.59 Å². The quantitative estimate of drug-likeness (QED) is 0.450. The first-order valence-electron chi connectivity index (χ1n) is 2.99. The molecule has 70 valence electrons. The highest BCUT2D eigenvalue weighted by Crippen LogP contribution is 2.03. The Balaban J connectivity index is 0.000000261. The minimum atomic E-state index is -1.33. The number of aliphatic hydroxyl groups excluding tert-OH is 1. The summed E-state index contributed by atoms with van der Waals surface area (Å²) in [6, 6.07) is 0. The maximum absolute atomic E-state index is 10.1. The second-order valence-corrected chi connectivity index (χ2v) is 1.82. The predicted molar refractivity (Wildman–Crippen MR) is 35.5 cm³/mol. The third-order valence-corrected chi connectivity index (χ3v) is 0.854. The van der Waals surface area contributed by atoms with Crippen molar-refractivity contribution in [2.24, 2.45) is 5.73 Å². The van der Waals surface area contributed by atoms with Crippen molar-refractivity contribution in [1.82, 2.24) is 0 Å². The van der Waals surface area contributed by atoms with Crippen molar-refractivity contribution >= 4 is 12.2 Å². The van der Waals surface area contributed by atoms with E-state index in [9.17, 15) is 4.79 Å². The van der Waals surface area contributed by atoms with Crippen LogP contribution in [0.2, 0.25) is 0 Å². The van der Waals surface area contributed by atoms with Gasteiger partial charge in [0.05, 0.1) is 6.61 Å². The Kier molecular flexibility index (Phi) is 4.54. The van der Waals surface area contributed by atoms with Gasteiger partial charge in [0.25, 0.3) is 0 Å². The molecule has 0 aromatic carbocycles. The van der Waals surface area contributed by atoms with Crippen LogP contribution in [0.25, 0.3) is 0 Å². The number of amides is 1. The highest BCUT2D eigenvalue weighted by Gasteiger charge is 2.23. The van der Waals surface area contributed by atoms with E-state index < -0.39 is 18.4 Å². The third-order valence-electron chi connectivity index (χ3n) is 0.854. The van der Waals surface area contributed by atoms with Crippen LogP contribution in [-0.2, 0) is 9.47 Å². The molecule has 0 aromatic rings. The summed E-state index contributed by atoms with van der Waals surface area (Å²) in [5.41, 5.74) is 4.03. The van der Waals surface area contributed by atoms with Gasteiger partial charge in [0.1, 0.15) is 6.61 Å². The van der Waals surface area contributed by atoms with Gasteiger partial charge in [-0.1, -0.05) is 0 Å². The number of nitrogens with two attached hydrogens (primary N) is 1. The molecule has 0 aliphatic carbocycles. The molecule has 1 saturated heterocycles. The van der Waals surface area contributed by atoms with E-state index in [0.29, 0.717) is 0 Å². The van der Waals surface area contributed by atoms with Crippen LogP contribution < -0.4 is 5.73 Å². The molecule has 1 atom stereocenters. The molecular formula is C5H9NO6. The first-order chi connectivity index (χ1) is 5.56. The molecule has 0 radical (unpaired) electrons. The fourth-order valence-corrected chi connectivity index (χ4v) is 0.455. The summed E-state index contributed by atoms with van der Waals surface area (Å²) < 4.78 is 8.73. The molecule has 7 heteroatoms. The number of carbonyl (C=O) groups is 2. The Morgan fingerprint density at radius 3 is 2.42 bits per heavy atom. The highest BCUT2D eigenvalue weighted by atomic mass is 16.8. The van der Waals surface area contributed by atoms with E-state index in [1.54, 1.807) is 0 Å². The van der Waals surface area contributed by atoms with Gasteiger partial charge in [-0.05, 0) is 0 Å². The predicted octanol–water partition coefficient (Wildman–Crippen LogP) is -0.863. The van der Waals surface area contributed by atoms with Crippen LogP contribution >= 0.6 is 0 Å². The van der Waals surface area contributed by atoms with Crippen molar-refractivity contribution in [2.75, 3.05) is 13.2 Å².